The number of nitrogens with one attached hydrogen (secondary N) is 1. The quantitative estimate of drug-likeness (QED) is 0.790. The zero-order valence-corrected chi connectivity index (χ0v) is 15.2. The highest BCUT2D eigenvalue weighted by Crippen LogP contribution is 2.21. The number of carbonyl (C=O) groups excluding carboxylic acids is 2. The first-order valence-corrected chi connectivity index (χ1v) is 8.30. The van der Waals surface area contributed by atoms with Gasteiger partial charge in [0.2, 0.25) is 11.8 Å². The molecule has 0 fully saturated rings. The molecule has 2 aromatic carbocycles. The molecule has 1 N–H and O–H groups in total. The molecule has 0 bridgehead atoms. The topological polar surface area (TPSA) is 49.4 Å². The smallest absolute Gasteiger partial charge is 0.247 e. The van der Waals surface area contributed by atoms with Crippen LogP contribution in [0.2, 0.25) is 0 Å². The summed E-state index contributed by atoms with van der Waals surface area (Å²) in [6.45, 7) is 1.86. The van der Waals surface area contributed by atoms with E-state index in [2.05, 4.69) is 21.2 Å². The number of nitrogens with zero attached hydrogens (tertiary/aromatic N) is 1. The van der Waals surface area contributed by atoms with Crippen molar-refractivity contribution in [1.82, 2.24) is 4.90 Å². The molecule has 5 heteroatoms. The number of anilines is 1. The van der Waals surface area contributed by atoms with E-state index in [1.807, 2.05) is 55.5 Å². The molecule has 0 unspecified atom stereocenters. The summed E-state index contributed by atoms with van der Waals surface area (Å²) in [5.41, 5.74) is 2.52. The van der Waals surface area contributed by atoms with Gasteiger partial charge in [0, 0.05) is 17.6 Å². The lowest BCUT2D eigenvalue weighted by molar-refractivity contribution is -0.129. The van der Waals surface area contributed by atoms with Gasteiger partial charge in [-0.05, 0) is 46.1 Å². The molecule has 0 atom stereocenters. The molecular formula is C19H19BrN2O2. The van der Waals surface area contributed by atoms with E-state index in [-0.39, 0.29) is 18.4 Å². The van der Waals surface area contributed by atoms with Crippen LogP contribution in [0.1, 0.15) is 12.5 Å². The molecule has 0 aromatic heterocycles. The van der Waals surface area contributed by atoms with Crippen molar-refractivity contribution in [1.29, 1.82) is 0 Å². The van der Waals surface area contributed by atoms with Gasteiger partial charge >= 0.3 is 0 Å². The van der Waals surface area contributed by atoms with E-state index in [4.69, 9.17) is 0 Å². The zero-order valence-electron chi connectivity index (χ0n) is 13.6. The van der Waals surface area contributed by atoms with Crippen LogP contribution in [-0.2, 0) is 9.59 Å². The van der Waals surface area contributed by atoms with Crippen LogP contribution in [0.25, 0.3) is 5.57 Å². The lowest BCUT2D eigenvalue weighted by atomic mass is 10.1. The van der Waals surface area contributed by atoms with Crippen LogP contribution < -0.4 is 5.32 Å². The van der Waals surface area contributed by atoms with Gasteiger partial charge in [-0.1, -0.05) is 42.5 Å². The number of para-hydroxylation sites is 1. The number of rotatable bonds is 5. The lowest BCUT2D eigenvalue weighted by Crippen LogP contribution is -2.34. The number of hydrogen-bond acceptors (Lipinski definition) is 2. The molecule has 0 aliphatic heterocycles. The number of allylic oxidation sites excluding steroid dienone is 1. The SMILES string of the molecule is C/C(=C\C(=O)N(C)CC(=O)Nc1ccccc1Br)c1ccccc1. The summed E-state index contributed by atoms with van der Waals surface area (Å²) < 4.78 is 0.798. The Kier molecular flexibility index (Phi) is 6.32. The molecule has 2 rings (SSSR count). The fraction of sp³-hybridized carbons (Fsp3) is 0.158. The van der Waals surface area contributed by atoms with Crippen molar-refractivity contribution in [2.24, 2.45) is 0 Å². The number of carbonyl (C=O) groups is 2. The minimum Gasteiger partial charge on any atom is -0.333 e. The number of halogens is 1. The van der Waals surface area contributed by atoms with Gasteiger partial charge in [-0.15, -0.1) is 0 Å². The first-order valence-electron chi connectivity index (χ1n) is 7.50. The fourth-order valence-corrected chi connectivity index (χ4v) is 2.51. The Morgan fingerprint density at radius 3 is 2.38 bits per heavy atom. The van der Waals surface area contributed by atoms with Crippen molar-refractivity contribution in [2.75, 3.05) is 18.9 Å². The van der Waals surface area contributed by atoms with E-state index in [0.717, 1.165) is 15.6 Å². The molecule has 0 radical (unpaired) electrons. The van der Waals surface area contributed by atoms with Gasteiger partial charge in [-0.25, -0.2) is 0 Å². The van der Waals surface area contributed by atoms with Crippen molar-refractivity contribution in [3.05, 3.63) is 70.7 Å². The van der Waals surface area contributed by atoms with Gasteiger partial charge in [0.05, 0.1) is 12.2 Å². The summed E-state index contributed by atoms with van der Waals surface area (Å²) in [5.74, 6) is -0.456. The molecule has 0 aliphatic carbocycles. The first-order chi connectivity index (χ1) is 11.5. The average Bonchev–Trinajstić information content (AvgIpc) is 2.57. The van der Waals surface area contributed by atoms with E-state index in [1.54, 1.807) is 19.2 Å². The van der Waals surface area contributed by atoms with Gasteiger partial charge < -0.3 is 10.2 Å². The van der Waals surface area contributed by atoms with Crippen LogP contribution in [0.4, 0.5) is 5.69 Å². The second kappa shape index (κ2) is 8.45. The molecule has 2 amide bonds. The summed E-state index contributed by atoms with van der Waals surface area (Å²) in [6.07, 6.45) is 1.54. The zero-order chi connectivity index (χ0) is 17.5. The summed E-state index contributed by atoms with van der Waals surface area (Å²) in [6, 6.07) is 17.0. The van der Waals surface area contributed by atoms with E-state index in [1.165, 1.54) is 4.90 Å². The van der Waals surface area contributed by atoms with E-state index >= 15 is 0 Å². The third-order valence-corrected chi connectivity index (χ3v) is 4.17. The van der Waals surface area contributed by atoms with Crippen LogP contribution in [0.3, 0.4) is 0 Å². The van der Waals surface area contributed by atoms with Gasteiger partial charge in [-0.2, -0.15) is 0 Å². The molecule has 0 saturated heterocycles. The molecule has 24 heavy (non-hydrogen) atoms. The standard InChI is InChI=1S/C19H19BrN2O2/c1-14(15-8-4-3-5-9-15)12-19(24)22(2)13-18(23)21-17-11-7-6-10-16(17)20/h3-12H,13H2,1-2H3,(H,21,23)/b14-12+. The van der Waals surface area contributed by atoms with Crippen LogP contribution in [0.5, 0.6) is 0 Å². The maximum atomic E-state index is 12.2. The molecule has 0 spiro atoms. The molecule has 0 saturated carbocycles. The Balaban J connectivity index is 1.96. The molecular weight excluding hydrogens is 368 g/mol. The molecule has 2 aromatic rings. The van der Waals surface area contributed by atoms with E-state index in [9.17, 15) is 9.59 Å². The predicted molar refractivity (Wildman–Crippen MR) is 101 cm³/mol. The second-order valence-corrected chi connectivity index (χ2v) is 6.27. The minimum absolute atomic E-state index is 0.0151. The summed E-state index contributed by atoms with van der Waals surface area (Å²) in [4.78, 5) is 25.7. The van der Waals surface area contributed by atoms with Crippen LogP contribution in [0.15, 0.2) is 65.1 Å². The maximum absolute atomic E-state index is 12.2. The third-order valence-electron chi connectivity index (χ3n) is 3.47. The average molecular weight is 387 g/mol. The van der Waals surface area contributed by atoms with Crippen molar-refractivity contribution < 1.29 is 9.59 Å². The molecule has 0 aliphatic rings. The fourth-order valence-electron chi connectivity index (χ4n) is 2.13. The summed E-state index contributed by atoms with van der Waals surface area (Å²) >= 11 is 3.37. The van der Waals surface area contributed by atoms with Gasteiger partial charge in [-0.3, -0.25) is 9.59 Å². The van der Waals surface area contributed by atoms with Crippen molar-refractivity contribution in [3.8, 4) is 0 Å². The Bertz CT molecular complexity index is 757. The summed E-state index contributed by atoms with van der Waals surface area (Å²) in [5, 5.41) is 2.78. The van der Waals surface area contributed by atoms with Crippen LogP contribution in [0, 0.1) is 0 Å². The Morgan fingerprint density at radius 1 is 1.08 bits per heavy atom. The second-order valence-electron chi connectivity index (χ2n) is 5.42. The summed E-state index contributed by atoms with van der Waals surface area (Å²) in [7, 11) is 1.61. The monoisotopic (exact) mass is 386 g/mol. The highest BCUT2D eigenvalue weighted by Gasteiger charge is 2.12. The normalized spacial score (nSPS) is 11.0. The highest BCUT2D eigenvalue weighted by atomic mass is 79.9. The highest BCUT2D eigenvalue weighted by molar-refractivity contribution is 9.10. The predicted octanol–water partition coefficient (Wildman–Crippen LogP) is 3.95. The van der Waals surface area contributed by atoms with Gasteiger partial charge in [0.15, 0.2) is 0 Å². The number of likely N-dealkylation sites (N-methyl/N-ethyl adjacent to an activating group) is 1. The van der Waals surface area contributed by atoms with Gasteiger partial charge in [0.1, 0.15) is 0 Å². The van der Waals surface area contributed by atoms with Crippen LogP contribution >= 0.6 is 15.9 Å². The largest absolute Gasteiger partial charge is 0.333 e. The molecule has 4 nitrogen and oxygen atoms in total. The van der Waals surface area contributed by atoms with Crippen molar-refractivity contribution in [2.45, 2.75) is 6.92 Å². The molecule has 124 valence electrons. The number of hydrogen-bond donors (Lipinski definition) is 1. The Labute approximate surface area is 150 Å². The lowest BCUT2D eigenvalue weighted by Gasteiger charge is -2.16. The van der Waals surface area contributed by atoms with Crippen LogP contribution in [-0.4, -0.2) is 30.3 Å². The van der Waals surface area contributed by atoms with E-state index in [0.29, 0.717) is 5.69 Å². The Morgan fingerprint density at radius 2 is 1.71 bits per heavy atom. The third kappa shape index (κ3) is 5.06. The van der Waals surface area contributed by atoms with E-state index < -0.39 is 0 Å². The number of benzene rings is 2. The number of amides is 2. The minimum atomic E-state index is -0.247. The Hall–Kier alpha value is -2.40. The van der Waals surface area contributed by atoms with Crippen molar-refractivity contribution in [3.63, 3.8) is 0 Å². The first kappa shape index (κ1) is 17.9. The van der Waals surface area contributed by atoms with Crippen molar-refractivity contribution >= 4 is 39.0 Å². The van der Waals surface area contributed by atoms with Gasteiger partial charge in [0.25, 0.3) is 0 Å². The molecule has 0 heterocycles. The maximum Gasteiger partial charge on any atom is 0.247 e.